The van der Waals surface area contributed by atoms with Crippen molar-refractivity contribution in [2.75, 3.05) is 0 Å². The summed E-state index contributed by atoms with van der Waals surface area (Å²) >= 11 is 0. The number of fused-ring (bicyclic) bond motifs is 1. The molecule has 1 heterocycles. The normalized spacial score (nSPS) is 11.3. The van der Waals surface area contributed by atoms with E-state index in [1.807, 2.05) is 31.3 Å². The van der Waals surface area contributed by atoms with Crippen molar-refractivity contribution < 1.29 is 9.90 Å². The predicted octanol–water partition coefficient (Wildman–Crippen LogP) is 2.57. The molecule has 0 aliphatic rings. The van der Waals surface area contributed by atoms with Gasteiger partial charge in [-0.3, -0.25) is 0 Å². The first-order valence-corrected chi connectivity index (χ1v) is 4.66. The van der Waals surface area contributed by atoms with E-state index in [-0.39, 0.29) is 0 Å². The first-order chi connectivity index (χ1) is 7.18. The summed E-state index contributed by atoms with van der Waals surface area (Å²) in [5, 5.41) is 9.65. The maximum Gasteiger partial charge on any atom is 0.328 e. The van der Waals surface area contributed by atoms with Crippen molar-refractivity contribution in [2.45, 2.75) is 6.92 Å². The Morgan fingerprint density at radius 3 is 3.00 bits per heavy atom. The highest BCUT2D eigenvalue weighted by atomic mass is 16.4. The highest BCUT2D eigenvalue weighted by Gasteiger charge is 2.02. The Labute approximate surface area is 87.0 Å². The second-order valence-corrected chi connectivity index (χ2v) is 3.41. The minimum atomic E-state index is -0.930. The van der Waals surface area contributed by atoms with Gasteiger partial charge in [-0.05, 0) is 30.2 Å². The number of hydrogen-bond donors (Lipinski definition) is 2. The molecule has 0 fully saturated rings. The van der Waals surface area contributed by atoms with E-state index < -0.39 is 5.97 Å². The monoisotopic (exact) mass is 201 g/mol. The molecule has 3 nitrogen and oxygen atoms in total. The molecule has 3 heteroatoms. The molecule has 0 saturated heterocycles. The van der Waals surface area contributed by atoms with E-state index >= 15 is 0 Å². The highest BCUT2D eigenvalue weighted by Crippen LogP contribution is 2.22. The van der Waals surface area contributed by atoms with Crippen molar-refractivity contribution >= 4 is 22.9 Å². The SMILES string of the molecule is Cc1c[nH]c2cccc(C=CC(=O)O)c12. The van der Waals surface area contributed by atoms with Gasteiger partial charge in [-0.1, -0.05) is 12.1 Å². The number of aliphatic carboxylic acids is 1. The summed E-state index contributed by atoms with van der Waals surface area (Å²) in [6.45, 7) is 2.00. The second kappa shape index (κ2) is 3.61. The summed E-state index contributed by atoms with van der Waals surface area (Å²) in [6, 6.07) is 5.78. The Morgan fingerprint density at radius 1 is 1.47 bits per heavy atom. The van der Waals surface area contributed by atoms with Gasteiger partial charge in [-0.15, -0.1) is 0 Å². The van der Waals surface area contributed by atoms with Crippen LogP contribution in [0.3, 0.4) is 0 Å². The van der Waals surface area contributed by atoms with Crippen molar-refractivity contribution in [1.82, 2.24) is 4.98 Å². The standard InChI is InChI=1S/C12H11NO2/c1-8-7-13-10-4-2-3-9(12(8)10)5-6-11(14)15/h2-7,13H,1H3,(H,14,15). The van der Waals surface area contributed by atoms with Gasteiger partial charge in [0.05, 0.1) is 0 Å². The number of aryl methyl sites for hydroxylation is 1. The van der Waals surface area contributed by atoms with Gasteiger partial charge < -0.3 is 10.1 Å². The minimum absolute atomic E-state index is 0.925. The fourth-order valence-corrected chi connectivity index (χ4v) is 1.69. The molecule has 0 aliphatic carbocycles. The molecule has 0 saturated carbocycles. The highest BCUT2D eigenvalue weighted by molar-refractivity contribution is 5.94. The van der Waals surface area contributed by atoms with Gasteiger partial charge in [0.25, 0.3) is 0 Å². The van der Waals surface area contributed by atoms with Crippen LogP contribution in [0.5, 0.6) is 0 Å². The average Bonchev–Trinajstić information content (AvgIpc) is 2.58. The summed E-state index contributed by atoms with van der Waals surface area (Å²) in [4.78, 5) is 13.6. The lowest BCUT2D eigenvalue weighted by Crippen LogP contribution is -1.86. The largest absolute Gasteiger partial charge is 0.478 e. The Balaban J connectivity index is 2.59. The summed E-state index contributed by atoms with van der Waals surface area (Å²) in [6.07, 6.45) is 4.69. The van der Waals surface area contributed by atoms with Crippen LogP contribution in [0.25, 0.3) is 17.0 Å². The number of hydrogen-bond acceptors (Lipinski definition) is 1. The number of benzene rings is 1. The van der Waals surface area contributed by atoms with Crippen molar-refractivity contribution in [3.63, 3.8) is 0 Å². The van der Waals surface area contributed by atoms with Crippen molar-refractivity contribution in [1.29, 1.82) is 0 Å². The van der Waals surface area contributed by atoms with Gasteiger partial charge in [0.2, 0.25) is 0 Å². The molecule has 0 amide bonds. The van der Waals surface area contributed by atoms with Crippen molar-refractivity contribution in [3.8, 4) is 0 Å². The number of carbonyl (C=O) groups is 1. The summed E-state index contributed by atoms with van der Waals surface area (Å²) in [5.74, 6) is -0.930. The Morgan fingerprint density at radius 2 is 2.27 bits per heavy atom. The Hall–Kier alpha value is -2.03. The zero-order valence-corrected chi connectivity index (χ0v) is 8.32. The summed E-state index contributed by atoms with van der Waals surface area (Å²) in [7, 11) is 0. The molecule has 15 heavy (non-hydrogen) atoms. The molecular formula is C12H11NO2. The molecule has 1 aromatic heterocycles. The fourth-order valence-electron chi connectivity index (χ4n) is 1.69. The van der Waals surface area contributed by atoms with E-state index in [0.717, 1.165) is 28.1 Å². The molecule has 2 N–H and O–H groups in total. The third-order valence-corrected chi connectivity index (χ3v) is 2.34. The van der Waals surface area contributed by atoms with E-state index in [0.29, 0.717) is 0 Å². The van der Waals surface area contributed by atoms with E-state index in [2.05, 4.69) is 4.98 Å². The first kappa shape index (κ1) is 9.52. The van der Waals surface area contributed by atoms with Gasteiger partial charge in [-0.2, -0.15) is 0 Å². The van der Waals surface area contributed by atoms with Crippen molar-refractivity contribution in [3.05, 3.63) is 41.6 Å². The summed E-state index contributed by atoms with van der Waals surface area (Å²) in [5.41, 5.74) is 3.07. The summed E-state index contributed by atoms with van der Waals surface area (Å²) < 4.78 is 0. The van der Waals surface area contributed by atoms with Crippen molar-refractivity contribution in [2.24, 2.45) is 0 Å². The Bertz CT molecular complexity index is 538. The zero-order valence-electron chi connectivity index (χ0n) is 8.32. The van der Waals surface area contributed by atoms with Crippen LogP contribution in [-0.4, -0.2) is 16.1 Å². The maximum atomic E-state index is 10.4. The molecule has 0 atom stereocenters. The van der Waals surface area contributed by atoms with Crippen LogP contribution in [0, 0.1) is 6.92 Å². The molecule has 0 aliphatic heterocycles. The smallest absolute Gasteiger partial charge is 0.328 e. The van der Waals surface area contributed by atoms with Gasteiger partial charge in [-0.25, -0.2) is 4.79 Å². The van der Waals surface area contributed by atoms with Gasteiger partial charge in [0, 0.05) is 23.2 Å². The number of nitrogens with one attached hydrogen (secondary N) is 1. The molecule has 76 valence electrons. The van der Waals surface area contributed by atoms with E-state index in [1.165, 1.54) is 0 Å². The average molecular weight is 201 g/mol. The van der Waals surface area contributed by atoms with E-state index in [9.17, 15) is 4.79 Å². The molecule has 0 spiro atoms. The number of aromatic nitrogens is 1. The van der Waals surface area contributed by atoms with Crippen LogP contribution in [0.4, 0.5) is 0 Å². The number of carboxylic acids is 1. The molecule has 0 bridgehead atoms. The van der Waals surface area contributed by atoms with E-state index in [4.69, 9.17) is 5.11 Å². The van der Waals surface area contributed by atoms with Crippen LogP contribution in [0.2, 0.25) is 0 Å². The number of rotatable bonds is 2. The fraction of sp³-hybridized carbons (Fsp3) is 0.0833. The third-order valence-electron chi connectivity index (χ3n) is 2.34. The third kappa shape index (κ3) is 1.76. The molecule has 0 radical (unpaired) electrons. The minimum Gasteiger partial charge on any atom is -0.478 e. The van der Waals surface area contributed by atoms with Gasteiger partial charge in [0.1, 0.15) is 0 Å². The zero-order chi connectivity index (χ0) is 10.8. The predicted molar refractivity (Wildman–Crippen MR) is 59.7 cm³/mol. The van der Waals surface area contributed by atoms with Crippen LogP contribution >= 0.6 is 0 Å². The topological polar surface area (TPSA) is 53.1 Å². The van der Waals surface area contributed by atoms with Crippen LogP contribution in [0.15, 0.2) is 30.5 Å². The second-order valence-electron chi connectivity index (χ2n) is 3.41. The van der Waals surface area contributed by atoms with E-state index in [1.54, 1.807) is 6.08 Å². The van der Waals surface area contributed by atoms with Gasteiger partial charge in [0.15, 0.2) is 0 Å². The number of carboxylic acid groups (broad SMARTS) is 1. The first-order valence-electron chi connectivity index (χ1n) is 4.66. The lowest BCUT2D eigenvalue weighted by atomic mass is 10.1. The number of H-pyrrole nitrogens is 1. The van der Waals surface area contributed by atoms with Crippen LogP contribution in [0.1, 0.15) is 11.1 Å². The molecule has 1 aromatic carbocycles. The molecular weight excluding hydrogens is 190 g/mol. The Kier molecular flexibility index (Phi) is 2.29. The lowest BCUT2D eigenvalue weighted by molar-refractivity contribution is -0.131. The molecule has 2 aromatic rings. The van der Waals surface area contributed by atoms with Crippen LogP contribution in [-0.2, 0) is 4.79 Å². The van der Waals surface area contributed by atoms with Gasteiger partial charge >= 0.3 is 5.97 Å². The van der Waals surface area contributed by atoms with Crippen LogP contribution < -0.4 is 0 Å². The molecule has 2 rings (SSSR count). The maximum absolute atomic E-state index is 10.4. The quantitative estimate of drug-likeness (QED) is 0.734. The lowest BCUT2D eigenvalue weighted by Gasteiger charge is -1.97. The number of aromatic amines is 1. The molecule has 0 unspecified atom stereocenters.